The second-order valence-corrected chi connectivity index (χ2v) is 8.38. The highest BCUT2D eigenvalue weighted by Gasteiger charge is 2.43. The van der Waals surface area contributed by atoms with Crippen LogP contribution in [0.4, 0.5) is 5.69 Å². The number of hydrogen-bond donors (Lipinski definition) is 0. The molecule has 0 saturated carbocycles. The molecule has 0 bridgehead atoms. The molecule has 5 nitrogen and oxygen atoms in total. The van der Waals surface area contributed by atoms with E-state index in [1.54, 1.807) is 11.2 Å². The Morgan fingerprint density at radius 1 is 1.18 bits per heavy atom. The number of nitrogens with zero attached hydrogens (tertiary/aromatic N) is 2. The van der Waals surface area contributed by atoms with Crippen LogP contribution in [0.25, 0.3) is 0 Å². The van der Waals surface area contributed by atoms with Gasteiger partial charge in [0.2, 0.25) is 10.0 Å². The summed E-state index contributed by atoms with van der Waals surface area (Å²) in [5.41, 5.74) is 0.815. The van der Waals surface area contributed by atoms with Crippen LogP contribution in [0.15, 0.2) is 30.3 Å². The van der Waals surface area contributed by atoms with E-state index in [-0.39, 0.29) is 11.4 Å². The largest absolute Gasteiger partial charge is 0.370 e. The molecule has 0 unspecified atom stereocenters. The molecule has 0 aromatic heterocycles. The van der Waals surface area contributed by atoms with Gasteiger partial charge < -0.3 is 9.64 Å². The van der Waals surface area contributed by atoms with Crippen LogP contribution in [-0.2, 0) is 14.8 Å². The van der Waals surface area contributed by atoms with E-state index in [1.807, 2.05) is 18.2 Å². The van der Waals surface area contributed by atoms with Crippen molar-refractivity contribution >= 4 is 15.7 Å². The van der Waals surface area contributed by atoms with E-state index in [9.17, 15) is 8.42 Å². The number of sulfonamides is 1. The lowest BCUT2D eigenvalue weighted by Crippen LogP contribution is -2.61. The van der Waals surface area contributed by atoms with Crippen LogP contribution in [-0.4, -0.2) is 56.9 Å². The third-order valence-corrected chi connectivity index (χ3v) is 6.46. The number of rotatable bonds is 3. The number of para-hydroxylation sites is 1. The Morgan fingerprint density at radius 2 is 1.95 bits per heavy atom. The molecular weight excluding hydrogens is 300 g/mol. The van der Waals surface area contributed by atoms with Crippen LogP contribution in [0, 0.1) is 0 Å². The van der Waals surface area contributed by atoms with Crippen molar-refractivity contribution in [2.75, 3.05) is 43.4 Å². The number of benzene rings is 1. The van der Waals surface area contributed by atoms with Crippen LogP contribution in [0.2, 0.25) is 0 Å². The molecule has 0 aliphatic carbocycles. The summed E-state index contributed by atoms with van der Waals surface area (Å²) in [5.74, 6) is 0.158. The maximum absolute atomic E-state index is 12.2. The van der Waals surface area contributed by atoms with E-state index < -0.39 is 10.0 Å². The Kier molecular flexibility index (Phi) is 4.43. The van der Waals surface area contributed by atoms with Gasteiger partial charge in [-0.15, -0.1) is 0 Å². The monoisotopic (exact) mass is 324 g/mol. The summed E-state index contributed by atoms with van der Waals surface area (Å²) in [5, 5.41) is 0. The molecule has 1 aromatic rings. The van der Waals surface area contributed by atoms with E-state index in [1.165, 1.54) is 5.69 Å². The van der Waals surface area contributed by atoms with E-state index in [0.717, 1.165) is 25.9 Å². The quantitative estimate of drug-likeness (QED) is 0.849. The average molecular weight is 324 g/mol. The number of morpholine rings is 1. The van der Waals surface area contributed by atoms with E-state index >= 15 is 0 Å². The lowest BCUT2D eigenvalue weighted by atomic mass is 9.91. The standard InChI is InChI=1S/C16H24N2O3S/c1-2-22(19,20)18-11-12-21-16(14-18)9-6-10-17(13-16)15-7-4-3-5-8-15/h3-5,7-8H,2,6,9-14H2,1H3/t16-/m1/s1. The third kappa shape index (κ3) is 3.14. The summed E-state index contributed by atoms with van der Waals surface area (Å²) < 4.78 is 32.1. The molecule has 3 rings (SSSR count). The summed E-state index contributed by atoms with van der Waals surface area (Å²) in [6.07, 6.45) is 1.95. The van der Waals surface area contributed by atoms with E-state index in [4.69, 9.17) is 4.74 Å². The second kappa shape index (κ2) is 6.18. The van der Waals surface area contributed by atoms with Crippen molar-refractivity contribution in [2.24, 2.45) is 0 Å². The smallest absolute Gasteiger partial charge is 0.214 e. The molecule has 122 valence electrons. The average Bonchev–Trinajstić information content (AvgIpc) is 2.56. The first-order valence-electron chi connectivity index (χ1n) is 7.96. The predicted molar refractivity (Wildman–Crippen MR) is 87.6 cm³/mol. The molecule has 0 radical (unpaired) electrons. The Morgan fingerprint density at radius 3 is 2.68 bits per heavy atom. The Balaban J connectivity index is 1.78. The molecule has 2 aliphatic rings. The summed E-state index contributed by atoms with van der Waals surface area (Å²) >= 11 is 0. The second-order valence-electron chi connectivity index (χ2n) is 6.13. The Hall–Kier alpha value is -1.11. The van der Waals surface area contributed by atoms with Crippen molar-refractivity contribution in [3.05, 3.63) is 30.3 Å². The number of hydrogen-bond acceptors (Lipinski definition) is 4. The first-order chi connectivity index (χ1) is 10.5. The minimum atomic E-state index is -3.14. The third-order valence-electron chi connectivity index (χ3n) is 4.63. The van der Waals surface area contributed by atoms with Crippen LogP contribution >= 0.6 is 0 Å². The summed E-state index contributed by atoms with van der Waals surface area (Å²) in [7, 11) is -3.14. The van der Waals surface area contributed by atoms with E-state index in [0.29, 0.717) is 19.7 Å². The maximum Gasteiger partial charge on any atom is 0.214 e. The molecule has 2 heterocycles. The molecule has 2 fully saturated rings. The van der Waals surface area contributed by atoms with Crippen LogP contribution in [0.1, 0.15) is 19.8 Å². The van der Waals surface area contributed by atoms with Crippen molar-refractivity contribution in [3.63, 3.8) is 0 Å². The highest BCUT2D eigenvalue weighted by molar-refractivity contribution is 7.89. The van der Waals surface area contributed by atoms with Gasteiger partial charge in [0.25, 0.3) is 0 Å². The minimum Gasteiger partial charge on any atom is -0.370 e. The van der Waals surface area contributed by atoms with Gasteiger partial charge in [0.05, 0.1) is 18.0 Å². The van der Waals surface area contributed by atoms with E-state index in [2.05, 4.69) is 17.0 Å². The van der Waals surface area contributed by atoms with Crippen LogP contribution in [0.5, 0.6) is 0 Å². The SMILES string of the molecule is CCS(=O)(=O)N1CCO[C@@]2(CCCN(c3ccccc3)C2)C1. The van der Waals surface area contributed by atoms with Gasteiger partial charge in [-0.3, -0.25) is 0 Å². The van der Waals surface area contributed by atoms with Gasteiger partial charge in [0, 0.05) is 31.9 Å². The van der Waals surface area contributed by atoms with Crippen LogP contribution in [0.3, 0.4) is 0 Å². The van der Waals surface area contributed by atoms with Crippen LogP contribution < -0.4 is 4.90 Å². The zero-order valence-corrected chi connectivity index (χ0v) is 13.9. The predicted octanol–water partition coefficient (Wildman–Crippen LogP) is 1.71. The van der Waals surface area contributed by atoms with Gasteiger partial charge in [-0.25, -0.2) is 8.42 Å². The first kappa shape index (κ1) is 15.8. The molecule has 22 heavy (non-hydrogen) atoms. The molecule has 1 atom stereocenters. The fraction of sp³-hybridized carbons (Fsp3) is 0.625. The Labute approximate surface area is 132 Å². The Bertz CT molecular complexity index is 601. The number of piperidine rings is 1. The lowest BCUT2D eigenvalue weighted by Gasteiger charge is -2.48. The summed E-state index contributed by atoms with van der Waals surface area (Å²) in [4.78, 5) is 2.31. The van der Waals surface area contributed by atoms with Crippen molar-refractivity contribution in [1.29, 1.82) is 0 Å². The molecule has 1 spiro atoms. The molecule has 1 aromatic carbocycles. The summed E-state index contributed by atoms with van der Waals surface area (Å²) in [6.45, 7) is 4.90. The fourth-order valence-electron chi connectivity index (χ4n) is 3.43. The highest BCUT2D eigenvalue weighted by atomic mass is 32.2. The molecular formula is C16H24N2O3S. The first-order valence-corrected chi connectivity index (χ1v) is 9.57. The van der Waals surface area contributed by atoms with Crippen molar-refractivity contribution in [2.45, 2.75) is 25.4 Å². The molecule has 2 aliphatic heterocycles. The van der Waals surface area contributed by atoms with Crippen molar-refractivity contribution < 1.29 is 13.2 Å². The minimum absolute atomic E-state index is 0.158. The molecule has 2 saturated heterocycles. The maximum atomic E-state index is 12.2. The van der Waals surface area contributed by atoms with Gasteiger partial charge in [-0.2, -0.15) is 4.31 Å². The fourth-order valence-corrected chi connectivity index (χ4v) is 4.58. The van der Waals surface area contributed by atoms with Gasteiger partial charge >= 0.3 is 0 Å². The van der Waals surface area contributed by atoms with Crippen molar-refractivity contribution in [3.8, 4) is 0 Å². The van der Waals surface area contributed by atoms with Gasteiger partial charge in [-0.05, 0) is 31.9 Å². The zero-order valence-electron chi connectivity index (χ0n) is 13.1. The molecule has 0 N–H and O–H groups in total. The van der Waals surface area contributed by atoms with Gasteiger partial charge in [0.15, 0.2) is 0 Å². The zero-order chi connectivity index (χ0) is 15.6. The lowest BCUT2D eigenvalue weighted by molar-refractivity contribution is -0.0949. The van der Waals surface area contributed by atoms with Gasteiger partial charge in [0.1, 0.15) is 0 Å². The molecule has 6 heteroatoms. The summed E-state index contributed by atoms with van der Waals surface area (Å²) in [6, 6.07) is 10.3. The van der Waals surface area contributed by atoms with Crippen molar-refractivity contribution in [1.82, 2.24) is 4.31 Å². The highest BCUT2D eigenvalue weighted by Crippen LogP contribution is 2.32. The molecule has 0 amide bonds. The normalized spacial score (nSPS) is 27.2. The number of anilines is 1. The number of ether oxygens (including phenoxy) is 1. The van der Waals surface area contributed by atoms with Gasteiger partial charge in [-0.1, -0.05) is 18.2 Å². The topological polar surface area (TPSA) is 49.9 Å².